The first kappa shape index (κ1) is 21.9. The highest BCUT2D eigenvalue weighted by Crippen LogP contribution is 2.18. The molecule has 5 nitrogen and oxygen atoms in total. The summed E-state index contributed by atoms with van der Waals surface area (Å²) in [4.78, 5) is 17.2. The molecule has 0 radical (unpaired) electrons. The molecule has 32 heavy (non-hydrogen) atoms. The van der Waals surface area contributed by atoms with Gasteiger partial charge >= 0.3 is 0 Å². The number of hydrogen-bond donors (Lipinski definition) is 1. The largest absolute Gasteiger partial charge is 0.494 e. The van der Waals surface area contributed by atoms with Crippen LogP contribution in [0.4, 0.5) is 0 Å². The highest BCUT2D eigenvalue weighted by atomic mass is 35.5. The van der Waals surface area contributed by atoms with Crippen molar-refractivity contribution in [2.75, 3.05) is 13.2 Å². The molecule has 3 aromatic carbocycles. The van der Waals surface area contributed by atoms with Gasteiger partial charge in [0.05, 0.1) is 17.6 Å². The van der Waals surface area contributed by atoms with E-state index in [1.807, 2.05) is 73.7 Å². The van der Waals surface area contributed by atoms with E-state index in [9.17, 15) is 4.79 Å². The number of para-hydroxylation sites is 2. The second-order valence-electron chi connectivity index (χ2n) is 7.70. The molecule has 0 spiro atoms. The van der Waals surface area contributed by atoms with Crippen molar-refractivity contribution >= 4 is 28.5 Å². The number of imidazole rings is 1. The van der Waals surface area contributed by atoms with Crippen LogP contribution >= 0.6 is 11.6 Å². The fourth-order valence-electron chi connectivity index (χ4n) is 3.69. The SMILES string of the molecule is Cc1cccc(C(=O)NCCc2nc3ccccc3n2CCCOc2ccc(Cl)cc2)c1. The third-order valence-corrected chi connectivity index (χ3v) is 5.51. The van der Waals surface area contributed by atoms with E-state index in [1.54, 1.807) is 0 Å². The smallest absolute Gasteiger partial charge is 0.251 e. The molecule has 164 valence electrons. The van der Waals surface area contributed by atoms with Crippen LogP contribution in [0.3, 0.4) is 0 Å². The summed E-state index contributed by atoms with van der Waals surface area (Å²) >= 11 is 5.92. The predicted molar refractivity (Wildman–Crippen MR) is 129 cm³/mol. The number of nitrogens with one attached hydrogen (secondary N) is 1. The summed E-state index contributed by atoms with van der Waals surface area (Å²) in [5.41, 5.74) is 3.81. The Morgan fingerprint density at radius 1 is 1.06 bits per heavy atom. The number of carbonyl (C=O) groups is 1. The maximum Gasteiger partial charge on any atom is 0.251 e. The number of rotatable bonds is 9. The number of amides is 1. The van der Waals surface area contributed by atoms with Crippen molar-refractivity contribution in [2.24, 2.45) is 0 Å². The maximum absolute atomic E-state index is 12.4. The lowest BCUT2D eigenvalue weighted by Crippen LogP contribution is -2.26. The van der Waals surface area contributed by atoms with Gasteiger partial charge in [0.1, 0.15) is 11.6 Å². The Morgan fingerprint density at radius 2 is 1.88 bits per heavy atom. The molecule has 1 aromatic heterocycles. The number of hydrogen-bond acceptors (Lipinski definition) is 3. The topological polar surface area (TPSA) is 56.2 Å². The van der Waals surface area contributed by atoms with Crippen molar-refractivity contribution in [2.45, 2.75) is 26.3 Å². The van der Waals surface area contributed by atoms with Crippen LogP contribution in [0.1, 0.15) is 28.2 Å². The predicted octanol–water partition coefficient (Wildman–Crippen LogP) is 5.44. The van der Waals surface area contributed by atoms with Crippen LogP contribution in [0.25, 0.3) is 11.0 Å². The lowest BCUT2D eigenvalue weighted by Gasteiger charge is -2.11. The van der Waals surface area contributed by atoms with E-state index in [2.05, 4.69) is 16.0 Å². The van der Waals surface area contributed by atoms with E-state index in [-0.39, 0.29) is 5.91 Å². The first-order valence-electron chi connectivity index (χ1n) is 10.8. The minimum atomic E-state index is -0.0623. The van der Waals surface area contributed by atoms with E-state index in [0.717, 1.165) is 41.1 Å². The lowest BCUT2D eigenvalue weighted by molar-refractivity contribution is 0.0954. The Morgan fingerprint density at radius 3 is 2.69 bits per heavy atom. The number of benzene rings is 3. The molecule has 6 heteroatoms. The summed E-state index contributed by atoms with van der Waals surface area (Å²) in [6.45, 7) is 3.89. The van der Waals surface area contributed by atoms with Crippen LogP contribution in [-0.2, 0) is 13.0 Å². The minimum absolute atomic E-state index is 0.0623. The minimum Gasteiger partial charge on any atom is -0.494 e. The van der Waals surface area contributed by atoms with Gasteiger partial charge in [0.25, 0.3) is 5.91 Å². The molecule has 0 saturated heterocycles. The molecule has 4 aromatic rings. The van der Waals surface area contributed by atoms with Gasteiger partial charge in [0.2, 0.25) is 0 Å². The average Bonchev–Trinajstić information content (AvgIpc) is 3.15. The maximum atomic E-state index is 12.4. The Bertz CT molecular complexity index is 1200. The zero-order chi connectivity index (χ0) is 22.3. The van der Waals surface area contributed by atoms with Crippen LogP contribution in [-0.4, -0.2) is 28.6 Å². The van der Waals surface area contributed by atoms with Crippen LogP contribution in [0, 0.1) is 6.92 Å². The molecule has 1 N–H and O–H groups in total. The normalized spacial score (nSPS) is 10.9. The fraction of sp³-hybridized carbons (Fsp3) is 0.231. The van der Waals surface area contributed by atoms with Gasteiger partial charge in [-0.2, -0.15) is 0 Å². The third-order valence-electron chi connectivity index (χ3n) is 5.26. The number of halogens is 1. The molecule has 0 atom stereocenters. The van der Waals surface area contributed by atoms with E-state index in [0.29, 0.717) is 30.2 Å². The van der Waals surface area contributed by atoms with Crippen molar-refractivity contribution in [1.29, 1.82) is 0 Å². The summed E-state index contributed by atoms with van der Waals surface area (Å²) in [6.07, 6.45) is 1.50. The standard InChI is InChI=1S/C26H26ClN3O2/c1-19-6-4-7-20(18-19)26(31)28-15-14-25-29-23-8-2-3-9-24(23)30(25)16-5-17-32-22-12-10-21(27)11-13-22/h2-4,6-13,18H,5,14-17H2,1H3,(H,28,31). The van der Waals surface area contributed by atoms with Gasteiger partial charge in [0, 0.05) is 30.1 Å². The summed E-state index contributed by atoms with van der Waals surface area (Å²) in [5, 5.41) is 3.71. The molecule has 0 bridgehead atoms. The summed E-state index contributed by atoms with van der Waals surface area (Å²) in [6, 6.07) is 23.1. The second kappa shape index (κ2) is 10.3. The molecule has 0 aliphatic rings. The van der Waals surface area contributed by atoms with Gasteiger partial charge in [-0.3, -0.25) is 4.79 Å². The Labute approximate surface area is 193 Å². The Hall–Kier alpha value is -3.31. The Balaban J connectivity index is 1.37. The number of carbonyl (C=O) groups excluding carboxylic acids is 1. The van der Waals surface area contributed by atoms with E-state index in [4.69, 9.17) is 21.3 Å². The van der Waals surface area contributed by atoms with Gasteiger partial charge in [-0.15, -0.1) is 0 Å². The molecule has 1 heterocycles. The first-order valence-corrected chi connectivity index (χ1v) is 11.2. The fourth-order valence-corrected chi connectivity index (χ4v) is 3.81. The monoisotopic (exact) mass is 447 g/mol. The van der Waals surface area contributed by atoms with Crippen LogP contribution < -0.4 is 10.1 Å². The zero-order valence-electron chi connectivity index (χ0n) is 18.1. The molecule has 0 aliphatic heterocycles. The number of aryl methyl sites for hydroxylation is 2. The van der Waals surface area contributed by atoms with Gasteiger partial charge < -0.3 is 14.6 Å². The van der Waals surface area contributed by atoms with E-state index < -0.39 is 0 Å². The molecule has 0 unspecified atom stereocenters. The number of aromatic nitrogens is 2. The average molecular weight is 448 g/mol. The first-order chi connectivity index (χ1) is 15.6. The van der Waals surface area contributed by atoms with Crippen LogP contribution in [0.15, 0.2) is 72.8 Å². The molecular formula is C26H26ClN3O2. The van der Waals surface area contributed by atoms with Crippen molar-refractivity contribution < 1.29 is 9.53 Å². The molecule has 4 rings (SSSR count). The number of nitrogens with zero attached hydrogens (tertiary/aromatic N) is 2. The molecule has 0 saturated carbocycles. The Kier molecular flexibility index (Phi) is 7.07. The van der Waals surface area contributed by atoms with Crippen LogP contribution in [0.2, 0.25) is 5.02 Å². The van der Waals surface area contributed by atoms with Crippen molar-refractivity contribution in [3.8, 4) is 5.75 Å². The van der Waals surface area contributed by atoms with Crippen LogP contribution in [0.5, 0.6) is 5.75 Å². The lowest BCUT2D eigenvalue weighted by atomic mass is 10.1. The van der Waals surface area contributed by atoms with Gasteiger partial charge in [-0.05, 0) is 61.9 Å². The molecular weight excluding hydrogens is 422 g/mol. The quantitative estimate of drug-likeness (QED) is 0.347. The summed E-state index contributed by atoms with van der Waals surface area (Å²) in [5.74, 6) is 1.71. The van der Waals surface area contributed by atoms with Gasteiger partial charge in [-0.25, -0.2) is 4.98 Å². The molecule has 1 amide bonds. The number of ether oxygens (including phenoxy) is 1. The highest BCUT2D eigenvalue weighted by Gasteiger charge is 2.11. The van der Waals surface area contributed by atoms with Gasteiger partial charge in [0.15, 0.2) is 0 Å². The molecule has 0 fully saturated rings. The summed E-state index contributed by atoms with van der Waals surface area (Å²) in [7, 11) is 0. The van der Waals surface area contributed by atoms with E-state index in [1.165, 1.54) is 0 Å². The second-order valence-corrected chi connectivity index (χ2v) is 8.14. The highest BCUT2D eigenvalue weighted by molar-refractivity contribution is 6.30. The van der Waals surface area contributed by atoms with Crippen molar-refractivity contribution in [3.05, 3.63) is 94.8 Å². The van der Waals surface area contributed by atoms with Crippen molar-refractivity contribution in [1.82, 2.24) is 14.9 Å². The van der Waals surface area contributed by atoms with Gasteiger partial charge in [-0.1, -0.05) is 41.4 Å². The number of fused-ring (bicyclic) bond motifs is 1. The van der Waals surface area contributed by atoms with E-state index >= 15 is 0 Å². The molecule has 0 aliphatic carbocycles. The zero-order valence-corrected chi connectivity index (χ0v) is 18.8. The third kappa shape index (κ3) is 5.48. The summed E-state index contributed by atoms with van der Waals surface area (Å²) < 4.78 is 8.05. The van der Waals surface area contributed by atoms with Crippen molar-refractivity contribution in [3.63, 3.8) is 0 Å².